The highest BCUT2D eigenvalue weighted by Gasteiger charge is 2.18. The Bertz CT molecular complexity index is 385. The molecule has 1 aliphatic rings. The molecule has 4 nitrogen and oxygen atoms in total. The molecule has 1 fully saturated rings. The van der Waals surface area contributed by atoms with Crippen molar-refractivity contribution in [3.05, 3.63) is 24.0 Å². The van der Waals surface area contributed by atoms with E-state index >= 15 is 0 Å². The molecule has 17 heavy (non-hydrogen) atoms. The number of anilines is 1. The van der Waals surface area contributed by atoms with Crippen LogP contribution in [0.3, 0.4) is 0 Å². The zero-order chi connectivity index (χ0) is 12.1. The van der Waals surface area contributed by atoms with Crippen molar-refractivity contribution in [1.82, 2.24) is 10.3 Å². The first-order chi connectivity index (χ1) is 8.33. The Morgan fingerprint density at radius 3 is 2.76 bits per heavy atom. The summed E-state index contributed by atoms with van der Waals surface area (Å²) < 4.78 is 0. The van der Waals surface area contributed by atoms with Gasteiger partial charge in [-0.15, -0.1) is 0 Å². The van der Waals surface area contributed by atoms with Gasteiger partial charge in [-0.1, -0.05) is 0 Å². The second-order valence-electron chi connectivity index (χ2n) is 4.50. The van der Waals surface area contributed by atoms with Gasteiger partial charge < -0.3 is 10.2 Å². The van der Waals surface area contributed by atoms with Crippen molar-refractivity contribution in [2.75, 3.05) is 31.6 Å². The highest BCUT2D eigenvalue weighted by Crippen LogP contribution is 2.22. The first-order valence-corrected chi connectivity index (χ1v) is 6.09. The normalized spacial score (nSPS) is 16.8. The number of piperidine rings is 1. The van der Waals surface area contributed by atoms with Crippen LogP contribution in [0.5, 0.6) is 0 Å². The van der Waals surface area contributed by atoms with E-state index in [0.29, 0.717) is 5.69 Å². The van der Waals surface area contributed by atoms with E-state index in [2.05, 4.69) is 15.2 Å². The van der Waals surface area contributed by atoms with Crippen LogP contribution in [0.2, 0.25) is 0 Å². The van der Waals surface area contributed by atoms with Crippen LogP contribution in [-0.4, -0.2) is 31.7 Å². The van der Waals surface area contributed by atoms with E-state index in [1.165, 1.54) is 12.8 Å². The average Bonchev–Trinajstić information content (AvgIpc) is 2.40. The number of pyridine rings is 1. The number of nitrogens with one attached hydrogen (secondary N) is 1. The highest BCUT2D eigenvalue weighted by atomic mass is 15.1. The van der Waals surface area contributed by atoms with Crippen molar-refractivity contribution in [3.8, 4) is 6.07 Å². The van der Waals surface area contributed by atoms with Crippen molar-refractivity contribution in [1.29, 1.82) is 5.26 Å². The SMILES string of the molecule is CNCC1CCN(c2ccc(C#N)nc2)CC1. The lowest BCUT2D eigenvalue weighted by Gasteiger charge is -2.33. The van der Waals surface area contributed by atoms with Crippen molar-refractivity contribution in [2.45, 2.75) is 12.8 Å². The summed E-state index contributed by atoms with van der Waals surface area (Å²) in [5.41, 5.74) is 1.62. The molecule has 0 spiro atoms. The van der Waals surface area contributed by atoms with Gasteiger partial charge in [0.2, 0.25) is 0 Å². The Kier molecular flexibility index (Phi) is 3.94. The standard InChI is InChI=1S/C13H18N4/c1-15-9-11-4-6-17(7-5-11)13-3-2-12(8-14)16-10-13/h2-3,10-11,15H,4-7,9H2,1H3. The van der Waals surface area contributed by atoms with Crippen molar-refractivity contribution < 1.29 is 0 Å². The summed E-state index contributed by atoms with van der Waals surface area (Å²) in [5, 5.41) is 11.9. The summed E-state index contributed by atoms with van der Waals surface area (Å²) in [5.74, 6) is 0.794. The minimum atomic E-state index is 0.485. The van der Waals surface area contributed by atoms with Crippen LogP contribution in [0.1, 0.15) is 18.5 Å². The van der Waals surface area contributed by atoms with Gasteiger partial charge in [0.15, 0.2) is 0 Å². The second-order valence-corrected chi connectivity index (χ2v) is 4.50. The predicted octanol–water partition coefficient (Wildman–Crippen LogP) is 1.39. The van der Waals surface area contributed by atoms with Gasteiger partial charge in [0.05, 0.1) is 11.9 Å². The fourth-order valence-electron chi connectivity index (χ4n) is 2.32. The second kappa shape index (κ2) is 5.65. The molecule has 90 valence electrons. The molecular weight excluding hydrogens is 212 g/mol. The third-order valence-corrected chi connectivity index (χ3v) is 3.33. The number of hydrogen-bond acceptors (Lipinski definition) is 4. The Labute approximate surface area is 102 Å². The van der Waals surface area contributed by atoms with E-state index in [4.69, 9.17) is 5.26 Å². The van der Waals surface area contributed by atoms with E-state index in [0.717, 1.165) is 31.2 Å². The van der Waals surface area contributed by atoms with Crippen LogP contribution in [0, 0.1) is 17.2 Å². The molecule has 0 unspecified atom stereocenters. The van der Waals surface area contributed by atoms with Gasteiger partial charge >= 0.3 is 0 Å². The van der Waals surface area contributed by atoms with Gasteiger partial charge in [0.1, 0.15) is 11.8 Å². The molecule has 2 heterocycles. The van der Waals surface area contributed by atoms with Gasteiger partial charge in [0, 0.05) is 13.1 Å². The van der Waals surface area contributed by atoms with Crippen LogP contribution < -0.4 is 10.2 Å². The molecule has 1 aromatic rings. The monoisotopic (exact) mass is 230 g/mol. The Balaban J connectivity index is 1.94. The van der Waals surface area contributed by atoms with E-state index in [1.54, 1.807) is 12.3 Å². The van der Waals surface area contributed by atoms with Crippen molar-refractivity contribution in [3.63, 3.8) is 0 Å². The maximum absolute atomic E-state index is 8.70. The predicted molar refractivity (Wildman–Crippen MR) is 67.8 cm³/mol. The third kappa shape index (κ3) is 2.95. The Morgan fingerprint density at radius 2 is 2.24 bits per heavy atom. The molecule has 1 aliphatic heterocycles. The fourth-order valence-corrected chi connectivity index (χ4v) is 2.32. The van der Waals surface area contributed by atoms with E-state index in [-0.39, 0.29) is 0 Å². The first-order valence-electron chi connectivity index (χ1n) is 6.09. The largest absolute Gasteiger partial charge is 0.370 e. The fraction of sp³-hybridized carbons (Fsp3) is 0.538. The van der Waals surface area contributed by atoms with Crippen molar-refractivity contribution in [2.24, 2.45) is 5.92 Å². The third-order valence-electron chi connectivity index (χ3n) is 3.33. The van der Waals surface area contributed by atoms with E-state index in [9.17, 15) is 0 Å². The van der Waals surface area contributed by atoms with Gasteiger partial charge in [-0.05, 0) is 44.5 Å². The maximum Gasteiger partial charge on any atom is 0.140 e. The van der Waals surface area contributed by atoms with Gasteiger partial charge in [-0.3, -0.25) is 0 Å². The number of hydrogen-bond donors (Lipinski definition) is 1. The molecule has 0 bridgehead atoms. The minimum Gasteiger partial charge on any atom is -0.370 e. The highest BCUT2D eigenvalue weighted by molar-refractivity contribution is 5.46. The summed E-state index contributed by atoms with van der Waals surface area (Å²) in [7, 11) is 2.01. The Morgan fingerprint density at radius 1 is 1.47 bits per heavy atom. The molecule has 0 saturated carbocycles. The average molecular weight is 230 g/mol. The molecule has 0 atom stereocenters. The van der Waals surface area contributed by atoms with E-state index < -0.39 is 0 Å². The maximum atomic E-state index is 8.70. The topological polar surface area (TPSA) is 52.0 Å². The van der Waals surface area contributed by atoms with Crippen LogP contribution >= 0.6 is 0 Å². The number of aromatic nitrogens is 1. The zero-order valence-electron chi connectivity index (χ0n) is 10.2. The van der Waals surface area contributed by atoms with Gasteiger partial charge in [-0.2, -0.15) is 5.26 Å². The van der Waals surface area contributed by atoms with Gasteiger partial charge in [-0.25, -0.2) is 4.98 Å². The quantitative estimate of drug-likeness (QED) is 0.852. The van der Waals surface area contributed by atoms with Crippen LogP contribution in [0.15, 0.2) is 18.3 Å². The molecule has 0 radical (unpaired) electrons. The molecule has 1 aromatic heterocycles. The molecular formula is C13H18N4. The molecule has 0 aromatic carbocycles. The van der Waals surface area contributed by atoms with Crippen molar-refractivity contribution >= 4 is 5.69 Å². The molecule has 0 aliphatic carbocycles. The number of rotatable bonds is 3. The summed E-state index contributed by atoms with van der Waals surface area (Å²) in [4.78, 5) is 6.46. The van der Waals surface area contributed by atoms with Gasteiger partial charge in [0.25, 0.3) is 0 Å². The zero-order valence-corrected chi connectivity index (χ0v) is 10.2. The summed E-state index contributed by atoms with van der Waals surface area (Å²) in [6.07, 6.45) is 4.25. The molecule has 1 N–H and O–H groups in total. The molecule has 0 amide bonds. The first kappa shape index (κ1) is 11.9. The van der Waals surface area contributed by atoms with Crippen LogP contribution in [-0.2, 0) is 0 Å². The minimum absolute atomic E-state index is 0.485. The lowest BCUT2D eigenvalue weighted by atomic mass is 9.96. The molecule has 1 saturated heterocycles. The Hall–Kier alpha value is -1.60. The van der Waals surface area contributed by atoms with Crippen LogP contribution in [0.4, 0.5) is 5.69 Å². The lowest BCUT2D eigenvalue weighted by molar-refractivity contribution is 0.393. The molecule has 4 heteroatoms. The lowest BCUT2D eigenvalue weighted by Crippen LogP contribution is -2.36. The van der Waals surface area contributed by atoms with E-state index in [1.807, 2.05) is 19.2 Å². The summed E-state index contributed by atoms with van der Waals surface area (Å²) in [6, 6.07) is 5.82. The molecule has 2 rings (SSSR count). The smallest absolute Gasteiger partial charge is 0.140 e. The van der Waals surface area contributed by atoms with Crippen LogP contribution in [0.25, 0.3) is 0 Å². The summed E-state index contributed by atoms with van der Waals surface area (Å²) >= 11 is 0. The summed E-state index contributed by atoms with van der Waals surface area (Å²) in [6.45, 7) is 3.28. The number of nitriles is 1. The number of nitrogens with zero attached hydrogens (tertiary/aromatic N) is 3.